The fraction of sp³-hybridized carbons (Fsp3) is 0.182. The number of hydrogen-bond acceptors (Lipinski definition) is 3. The smallest absolute Gasteiger partial charge is 0.283 e. The number of amides is 1. The maximum atomic E-state index is 11.7. The third-order valence-electron chi connectivity index (χ3n) is 1.95. The number of nitro groups is 1. The molecule has 1 rings (SSSR count). The second-order valence-electron chi connectivity index (χ2n) is 3.56. The molecule has 1 amide bonds. The summed E-state index contributed by atoms with van der Waals surface area (Å²) in [7, 11) is 0. The Labute approximate surface area is 103 Å². The fourth-order valence-electron chi connectivity index (χ4n) is 1.17. The van der Waals surface area contributed by atoms with E-state index in [1.165, 1.54) is 12.1 Å². The molecule has 0 bridgehead atoms. The summed E-state index contributed by atoms with van der Waals surface area (Å²) in [5.41, 5.74) is 0.437. The van der Waals surface area contributed by atoms with Crippen molar-refractivity contribution in [2.45, 2.75) is 6.92 Å². The first-order chi connectivity index (χ1) is 7.91. The molecule has 1 aromatic rings. The van der Waals surface area contributed by atoms with E-state index < -0.39 is 10.8 Å². The highest BCUT2D eigenvalue weighted by Crippen LogP contribution is 2.22. The molecule has 0 atom stereocenters. The molecule has 0 saturated heterocycles. The van der Waals surface area contributed by atoms with Crippen LogP contribution in [0.15, 0.2) is 30.4 Å². The van der Waals surface area contributed by atoms with Crippen molar-refractivity contribution in [2.75, 3.05) is 6.54 Å². The Morgan fingerprint density at radius 3 is 2.76 bits per heavy atom. The zero-order chi connectivity index (χ0) is 13.0. The summed E-state index contributed by atoms with van der Waals surface area (Å²) in [4.78, 5) is 21.8. The van der Waals surface area contributed by atoms with Gasteiger partial charge in [0.15, 0.2) is 0 Å². The first-order valence-corrected chi connectivity index (χ1v) is 5.16. The standard InChI is InChI=1S/C11H11ClN2O3/c1-7(2)6-13-11(15)9-4-3-8(12)5-10(9)14(16)17/h3-5H,1,6H2,2H3,(H,13,15). The fourth-order valence-corrected chi connectivity index (χ4v) is 1.34. The molecule has 0 heterocycles. The molecule has 5 nitrogen and oxygen atoms in total. The van der Waals surface area contributed by atoms with Gasteiger partial charge in [0.1, 0.15) is 5.56 Å². The van der Waals surface area contributed by atoms with Crippen LogP contribution < -0.4 is 5.32 Å². The van der Waals surface area contributed by atoms with Gasteiger partial charge in [0.25, 0.3) is 11.6 Å². The number of nitrogens with one attached hydrogen (secondary N) is 1. The summed E-state index contributed by atoms with van der Waals surface area (Å²) < 4.78 is 0. The van der Waals surface area contributed by atoms with Crippen LogP contribution in [0.2, 0.25) is 5.02 Å². The van der Waals surface area contributed by atoms with E-state index in [9.17, 15) is 14.9 Å². The molecule has 6 heteroatoms. The quantitative estimate of drug-likeness (QED) is 0.510. The van der Waals surface area contributed by atoms with Crippen molar-refractivity contribution < 1.29 is 9.72 Å². The Morgan fingerprint density at radius 1 is 1.59 bits per heavy atom. The van der Waals surface area contributed by atoms with Gasteiger partial charge in [-0.25, -0.2) is 0 Å². The predicted octanol–water partition coefficient (Wildman–Crippen LogP) is 2.55. The molecule has 1 N–H and O–H groups in total. The number of nitro benzene ring substituents is 1. The Kier molecular flexibility index (Phi) is 4.23. The van der Waals surface area contributed by atoms with Crippen molar-refractivity contribution in [3.63, 3.8) is 0 Å². The molecule has 0 saturated carbocycles. The van der Waals surface area contributed by atoms with Crippen molar-refractivity contribution in [3.05, 3.63) is 51.1 Å². The van der Waals surface area contributed by atoms with Crippen LogP contribution in [0.4, 0.5) is 5.69 Å². The van der Waals surface area contributed by atoms with Crippen LogP contribution in [0.25, 0.3) is 0 Å². The Hall–Kier alpha value is -1.88. The van der Waals surface area contributed by atoms with Gasteiger partial charge >= 0.3 is 0 Å². The van der Waals surface area contributed by atoms with Crippen LogP contribution in [-0.4, -0.2) is 17.4 Å². The second-order valence-corrected chi connectivity index (χ2v) is 3.99. The van der Waals surface area contributed by atoms with Crippen molar-refractivity contribution in [1.29, 1.82) is 0 Å². The van der Waals surface area contributed by atoms with E-state index in [2.05, 4.69) is 11.9 Å². The molecule has 0 radical (unpaired) electrons. The van der Waals surface area contributed by atoms with E-state index in [0.717, 1.165) is 11.6 Å². The number of halogens is 1. The molecule has 0 spiro atoms. The maximum absolute atomic E-state index is 11.7. The van der Waals surface area contributed by atoms with Gasteiger partial charge in [-0.15, -0.1) is 0 Å². The molecule has 90 valence electrons. The normalized spacial score (nSPS) is 9.76. The summed E-state index contributed by atoms with van der Waals surface area (Å²) >= 11 is 5.64. The number of nitrogens with zero attached hydrogens (tertiary/aromatic N) is 1. The van der Waals surface area contributed by atoms with Gasteiger partial charge in [0.2, 0.25) is 0 Å². The molecule has 0 aromatic heterocycles. The lowest BCUT2D eigenvalue weighted by molar-refractivity contribution is -0.385. The van der Waals surface area contributed by atoms with Gasteiger partial charge in [-0.3, -0.25) is 14.9 Å². The third kappa shape index (κ3) is 3.57. The molecule has 0 aliphatic heterocycles. The van der Waals surface area contributed by atoms with Gasteiger partial charge in [0.05, 0.1) is 4.92 Å². The van der Waals surface area contributed by atoms with Crippen LogP contribution in [-0.2, 0) is 0 Å². The minimum Gasteiger partial charge on any atom is -0.348 e. The summed E-state index contributed by atoms with van der Waals surface area (Å²) in [5, 5.41) is 13.5. The monoisotopic (exact) mass is 254 g/mol. The summed E-state index contributed by atoms with van der Waals surface area (Å²) in [6.45, 7) is 5.65. The van der Waals surface area contributed by atoms with Crippen LogP contribution in [0.3, 0.4) is 0 Å². The van der Waals surface area contributed by atoms with Gasteiger partial charge in [-0.05, 0) is 19.1 Å². The highest BCUT2D eigenvalue weighted by Gasteiger charge is 2.19. The highest BCUT2D eigenvalue weighted by atomic mass is 35.5. The first-order valence-electron chi connectivity index (χ1n) is 4.78. The SMILES string of the molecule is C=C(C)CNC(=O)c1ccc(Cl)cc1[N+](=O)[O-]. The average molecular weight is 255 g/mol. The predicted molar refractivity (Wildman–Crippen MR) is 65.3 cm³/mol. The number of hydrogen-bond donors (Lipinski definition) is 1. The number of carbonyl (C=O) groups excluding carboxylic acids is 1. The van der Waals surface area contributed by atoms with Crippen molar-refractivity contribution in [3.8, 4) is 0 Å². The molecular formula is C11H11ClN2O3. The van der Waals surface area contributed by atoms with Gasteiger partial charge in [-0.1, -0.05) is 23.8 Å². The zero-order valence-corrected chi connectivity index (χ0v) is 9.95. The minimum atomic E-state index is -0.637. The Bertz CT molecular complexity index is 486. The van der Waals surface area contributed by atoms with E-state index in [0.29, 0.717) is 0 Å². The lowest BCUT2D eigenvalue weighted by Gasteiger charge is -2.05. The Balaban J connectivity index is 3.00. The Morgan fingerprint density at radius 2 is 2.24 bits per heavy atom. The lowest BCUT2D eigenvalue weighted by Crippen LogP contribution is -2.25. The van der Waals surface area contributed by atoms with E-state index in [1.807, 2.05) is 0 Å². The van der Waals surface area contributed by atoms with Gasteiger partial charge < -0.3 is 5.32 Å². The van der Waals surface area contributed by atoms with Crippen molar-refractivity contribution >= 4 is 23.2 Å². The molecule has 1 aromatic carbocycles. The molecule has 0 unspecified atom stereocenters. The number of carbonyl (C=O) groups is 1. The van der Waals surface area contributed by atoms with Gasteiger partial charge in [0, 0.05) is 17.6 Å². The molecule has 17 heavy (non-hydrogen) atoms. The van der Waals surface area contributed by atoms with E-state index >= 15 is 0 Å². The van der Waals surface area contributed by atoms with E-state index in [1.54, 1.807) is 6.92 Å². The molecule has 0 aliphatic rings. The number of benzene rings is 1. The van der Waals surface area contributed by atoms with Crippen LogP contribution in [0.5, 0.6) is 0 Å². The average Bonchev–Trinajstić information content (AvgIpc) is 2.25. The summed E-state index contributed by atoms with van der Waals surface area (Å²) in [6.07, 6.45) is 0. The topological polar surface area (TPSA) is 72.2 Å². The zero-order valence-electron chi connectivity index (χ0n) is 9.20. The largest absolute Gasteiger partial charge is 0.348 e. The van der Waals surface area contributed by atoms with Crippen LogP contribution in [0, 0.1) is 10.1 Å². The summed E-state index contributed by atoms with van der Waals surface area (Å²) in [5.74, 6) is -0.517. The minimum absolute atomic E-state index is 0.0133. The van der Waals surface area contributed by atoms with Crippen molar-refractivity contribution in [2.24, 2.45) is 0 Å². The third-order valence-corrected chi connectivity index (χ3v) is 2.19. The van der Waals surface area contributed by atoms with E-state index in [-0.39, 0.29) is 22.8 Å². The van der Waals surface area contributed by atoms with Crippen LogP contribution >= 0.6 is 11.6 Å². The van der Waals surface area contributed by atoms with Crippen LogP contribution in [0.1, 0.15) is 17.3 Å². The van der Waals surface area contributed by atoms with Crippen molar-refractivity contribution in [1.82, 2.24) is 5.32 Å². The highest BCUT2D eigenvalue weighted by molar-refractivity contribution is 6.31. The van der Waals surface area contributed by atoms with E-state index in [4.69, 9.17) is 11.6 Å². The first kappa shape index (κ1) is 13.2. The second kappa shape index (κ2) is 5.45. The molecular weight excluding hydrogens is 244 g/mol. The summed E-state index contributed by atoms with van der Waals surface area (Å²) in [6, 6.07) is 3.91. The molecule has 0 fully saturated rings. The molecule has 0 aliphatic carbocycles. The lowest BCUT2D eigenvalue weighted by atomic mass is 10.1. The van der Waals surface area contributed by atoms with Gasteiger partial charge in [-0.2, -0.15) is 0 Å². The maximum Gasteiger partial charge on any atom is 0.283 e. The number of rotatable bonds is 4.